The molecule has 0 radical (unpaired) electrons. The van der Waals surface area contributed by atoms with Crippen molar-refractivity contribution >= 4 is 21.7 Å². The van der Waals surface area contributed by atoms with Crippen LogP contribution in [0.5, 0.6) is 0 Å². The Labute approximate surface area is 180 Å². The van der Waals surface area contributed by atoms with E-state index in [4.69, 9.17) is 0 Å². The van der Waals surface area contributed by atoms with Crippen LogP contribution in [0.4, 0.5) is 0 Å². The lowest BCUT2D eigenvalue weighted by Crippen LogP contribution is -2.53. The summed E-state index contributed by atoms with van der Waals surface area (Å²) in [6, 6.07) is 1.53. The highest BCUT2D eigenvalue weighted by atomic mass is 32.2. The number of nitrogens with zero attached hydrogens (tertiary/aromatic N) is 2. The van der Waals surface area contributed by atoms with Gasteiger partial charge in [0.1, 0.15) is 0 Å². The van der Waals surface area contributed by atoms with E-state index in [1.807, 2.05) is 52.5 Å². The summed E-state index contributed by atoms with van der Waals surface area (Å²) in [5.74, 6) is -0.243. The fraction of sp³-hybridized carbons (Fsp3) is 0.636. The molecule has 8 heteroatoms. The molecule has 0 saturated carbocycles. The lowest BCUT2D eigenvalue weighted by molar-refractivity contribution is -0.128. The Morgan fingerprint density at radius 1 is 1.00 bits per heavy atom. The quantitative estimate of drug-likeness (QED) is 0.705. The molecular weight excluding hydrogens is 402 g/mol. The largest absolute Gasteiger partial charge is 0.345 e. The summed E-state index contributed by atoms with van der Waals surface area (Å²) in [5, 5.41) is 2.80. The predicted molar refractivity (Wildman–Crippen MR) is 118 cm³/mol. The van der Waals surface area contributed by atoms with E-state index < -0.39 is 16.1 Å². The molecule has 1 amide bonds. The number of carbonyl (C=O) groups excluding carboxylic acids is 2. The van der Waals surface area contributed by atoms with Crippen LogP contribution in [-0.4, -0.2) is 68.1 Å². The molecule has 1 saturated heterocycles. The number of Topliss-reactive ketones (excluding diaryl/α,β-unsaturated/α-hetero) is 1. The normalized spacial score (nSPS) is 17.2. The Bertz CT molecular complexity index is 891. The zero-order valence-electron chi connectivity index (χ0n) is 19.2. The predicted octanol–water partition coefficient (Wildman–Crippen LogP) is 1.96. The van der Waals surface area contributed by atoms with E-state index in [0.717, 1.165) is 22.3 Å². The van der Waals surface area contributed by atoms with Crippen molar-refractivity contribution < 1.29 is 18.0 Å². The minimum atomic E-state index is -3.60. The molecule has 1 heterocycles. The van der Waals surface area contributed by atoms with Crippen LogP contribution < -0.4 is 5.32 Å². The van der Waals surface area contributed by atoms with Gasteiger partial charge in [-0.3, -0.25) is 14.5 Å². The van der Waals surface area contributed by atoms with E-state index in [1.54, 1.807) is 0 Å². The van der Waals surface area contributed by atoms with Crippen molar-refractivity contribution in [2.75, 3.05) is 32.7 Å². The molecule has 0 bridgehead atoms. The number of ketones is 1. The van der Waals surface area contributed by atoms with E-state index in [1.165, 1.54) is 11.2 Å². The minimum Gasteiger partial charge on any atom is -0.345 e. The van der Waals surface area contributed by atoms with Crippen LogP contribution >= 0.6 is 0 Å². The molecule has 168 valence electrons. The van der Waals surface area contributed by atoms with Crippen molar-refractivity contribution in [3.05, 3.63) is 28.3 Å². The molecule has 1 unspecified atom stereocenters. The first-order valence-corrected chi connectivity index (χ1v) is 11.9. The van der Waals surface area contributed by atoms with Crippen LogP contribution in [0.3, 0.4) is 0 Å². The first-order valence-electron chi connectivity index (χ1n) is 10.5. The molecule has 2 rings (SSSR count). The molecule has 0 spiro atoms. The molecule has 30 heavy (non-hydrogen) atoms. The summed E-state index contributed by atoms with van der Waals surface area (Å²) in [6.07, 6.45) is 0. The lowest BCUT2D eigenvalue weighted by Gasteiger charge is -2.34. The third-order valence-electron chi connectivity index (χ3n) is 6.01. The van der Waals surface area contributed by atoms with E-state index in [0.29, 0.717) is 31.1 Å². The molecule has 1 aliphatic rings. The van der Waals surface area contributed by atoms with Gasteiger partial charge < -0.3 is 5.32 Å². The number of carbonyl (C=O) groups is 2. The third-order valence-corrected chi connectivity index (χ3v) is 8.19. The van der Waals surface area contributed by atoms with Crippen molar-refractivity contribution in [2.45, 2.75) is 59.4 Å². The average Bonchev–Trinajstić information content (AvgIpc) is 2.64. The van der Waals surface area contributed by atoms with E-state index in [-0.39, 0.29) is 24.2 Å². The SMILES string of the molecule is CC(=O)C(NC(=O)CN1CCN(S(=O)(=O)c2c(C)c(C)cc(C)c2C)CC1)C(C)C. The van der Waals surface area contributed by atoms with Crippen LogP contribution in [-0.2, 0) is 19.6 Å². The summed E-state index contributed by atoms with van der Waals surface area (Å²) >= 11 is 0. The summed E-state index contributed by atoms with van der Waals surface area (Å²) in [7, 11) is -3.60. The van der Waals surface area contributed by atoms with E-state index >= 15 is 0 Å². The Balaban J connectivity index is 2.06. The molecule has 1 aromatic carbocycles. The van der Waals surface area contributed by atoms with Crippen LogP contribution in [0, 0.1) is 33.6 Å². The van der Waals surface area contributed by atoms with Gasteiger partial charge in [-0.1, -0.05) is 19.9 Å². The summed E-state index contributed by atoms with van der Waals surface area (Å²) in [6.45, 7) is 14.6. The van der Waals surface area contributed by atoms with Crippen molar-refractivity contribution in [1.29, 1.82) is 0 Å². The Kier molecular flexibility index (Phi) is 7.82. The second kappa shape index (κ2) is 9.58. The highest BCUT2D eigenvalue weighted by molar-refractivity contribution is 7.89. The maximum absolute atomic E-state index is 13.3. The minimum absolute atomic E-state index is 0.0257. The Morgan fingerprint density at radius 2 is 1.50 bits per heavy atom. The first-order chi connectivity index (χ1) is 13.9. The van der Waals surface area contributed by atoms with Crippen LogP contribution in [0.2, 0.25) is 0 Å². The molecule has 1 atom stereocenters. The fourth-order valence-corrected chi connectivity index (χ4v) is 5.98. The fourth-order valence-electron chi connectivity index (χ4n) is 3.98. The number of rotatable bonds is 7. The second-order valence-electron chi connectivity index (χ2n) is 8.67. The maximum Gasteiger partial charge on any atom is 0.243 e. The Morgan fingerprint density at radius 3 is 1.93 bits per heavy atom. The van der Waals surface area contributed by atoms with Gasteiger partial charge in [0.05, 0.1) is 17.5 Å². The van der Waals surface area contributed by atoms with Crippen LogP contribution in [0.15, 0.2) is 11.0 Å². The zero-order valence-corrected chi connectivity index (χ0v) is 20.0. The van der Waals surface area contributed by atoms with Gasteiger partial charge in [0.25, 0.3) is 0 Å². The standard InChI is InChI=1S/C22H35N3O4S/c1-14(2)21(19(7)26)23-20(27)13-24-8-10-25(11-9-24)30(28,29)22-17(5)15(3)12-16(4)18(22)6/h12,14,21H,8-11,13H2,1-7H3,(H,23,27). The number of amides is 1. The molecule has 0 aromatic heterocycles. The third kappa shape index (κ3) is 5.28. The van der Waals surface area contributed by atoms with Gasteiger partial charge in [0, 0.05) is 26.2 Å². The summed E-state index contributed by atoms with van der Waals surface area (Å²) in [4.78, 5) is 26.4. The van der Waals surface area contributed by atoms with Gasteiger partial charge >= 0.3 is 0 Å². The number of hydrogen-bond donors (Lipinski definition) is 1. The van der Waals surface area contributed by atoms with Gasteiger partial charge in [0.15, 0.2) is 5.78 Å². The molecule has 1 fully saturated rings. The smallest absolute Gasteiger partial charge is 0.243 e. The molecule has 1 aromatic rings. The number of hydrogen-bond acceptors (Lipinski definition) is 5. The van der Waals surface area contributed by atoms with Crippen molar-refractivity contribution in [3.8, 4) is 0 Å². The monoisotopic (exact) mass is 437 g/mol. The van der Waals surface area contributed by atoms with Gasteiger partial charge in [-0.2, -0.15) is 4.31 Å². The molecule has 0 aliphatic carbocycles. The average molecular weight is 438 g/mol. The molecule has 7 nitrogen and oxygen atoms in total. The van der Waals surface area contributed by atoms with Crippen molar-refractivity contribution in [2.24, 2.45) is 5.92 Å². The molecule has 1 aliphatic heterocycles. The number of piperazine rings is 1. The van der Waals surface area contributed by atoms with Gasteiger partial charge in [0.2, 0.25) is 15.9 Å². The molecule has 1 N–H and O–H groups in total. The topological polar surface area (TPSA) is 86.8 Å². The van der Waals surface area contributed by atoms with Gasteiger partial charge in [-0.25, -0.2) is 8.42 Å². The Hall–Kier alpha value is -1.77. The number of aryl methyl sites for hydroxylation is 2. The number of benzene rings is 1. The maximum atomic E-state index is 13.3. The highest BCUT2D eigenvalue weighted by Gasteiger charge is 2.32. The van der Waals surface area contributed by atoms with E-state index in [2.05, 4.69) is 5.32 Å². The van der Waals surface area contributed by atoms with Crippen molar-refractivity contribution in [3.63, 3.8) is 0 Å². The van der Waals surface area contributed by atoms with Gasteiger partial charge in [-0.05, 0) is 62.8 Å². The lowest BCUT2D eigenvalue weighted by atomic mass is 10.0. The molecular formula is C22H35N3O4S. The highest BCUT2D eigenvalue weighted by Crippen LogP contribution is 2.29. The first kappa shape index (κ1) is 24.5. The van der Waals surface area contributed by atoms with Crippen LogP contribution in [0.25, 0.3) is 0 Å². The second-order valence-corrected chi connectivity index (χ2v) is 10.5. The van der Waals surface area contributed by atoms with Crippen molar-refractivity contribution in [1.82, 2.24) is 14.5 Å². The van der Waals surface area contributed by atoms with Crippen LogP contribution in [0.1, 0.15) is 43.0 Å². The zero-order chi connectivity index (χ0) is 22.8. The number of sulfonamides is 1. The number of nitrogens with one attached hydrogen (secondary N) is 1. The van der Waals surface area contributed by atoms with E-state index in [9.17, 15) is 18.0 Å². The van der Waals surface area contributed by atoms with Gasteiger partial charge in [-0.15, -0.1) is 0 Å². The summed E-state index contributed by atoms with van der Waals surface area (Å²) < 4.78 is 28.2. The summed E-state index contributed by atoms with van der Waals surface area (Å²) in [5.41, 5.74) is 3.53.